The number of rotatable bonds is 1. The Hall–Kier alpha value is -2.29. The Morgan fingerprint density at radius 3 is 2.72 bits per heavy atom. The number of aromatic nitrogens is 2. The van der Waals surface area contributed by atoms with Crippen molar-refractivity contribution >= 4 is 16.7 Å². The molecule has 0 saturated heterocycles. The summed E-state index contributed by atoms with van der Waals surface area (Å²) in [6.45, 7) is 4.11. The molecule has 0 fully saturated rings. The average Bonchev–Trinajstić information content (AvgIpc) is 2.77. The highest BCUT2D eigenvalue weighted by molar-refractivity contribution is 5.84. The summed E-state index contributed by atoms with van der Waals surface area (Å²) in [7, 11) is 0. The molecule has 0 unspecified atom stereocenters. The number of nitrogens with zero attached hydrogens (tertiary/aromatic N) is 1. The monoisotopic (exact) mass is 237 g/mol. The number of benzene rings is 2. The van der Waals surface area contributed by atoms with Crippen molar-refractivity contribution < 1.29 is 0 Å². The first kappa shape index (κ1) is 10.8. The second-order valence-corrected chi connectivity index (χ2v) is 4.65. The quantitative estimate of drug-likeness (QED) is 0.637. The van der Waals surface area contributed by atoms with Gasteiger partial charge < -0.3 is 10.7 Å². The molecule has 2 aromatic carbocycles. The summed E-state index contributed by atoms with van der Waals surface area (Å²) < 4.78 is 0. The number of imidazole rings is 1. The number of nitrogens with one attached hydrogen (secondary N) is 1. The van der Waals surface area contributed by atoms with Crippen molar-refractivity contribution in [2.45, 2.75) is 13.8 Å². The molecule has 0 aliphatic rings. The number of fused-ring (bicyclic) bond motifs is 1. The Bertz CT molecular complexity index is 726. The van der Waals surface area contributed by atoms with E-state index in [0.717, 1.165) is 28.1 Å². The predicted octanol–water partition coefficient (Wildman–Crippen LogP) is 3.43. The van der Waals surface area contributed by atoms with Gasteiger partial charge in [-0.25, -0.2) is 4.98 Å². The van der Waals surface area contributed by atoms with E-state index in [9.17, 15) is 0 Å². The van der Waals surface area contributed by atoms with Gasteiger partial charge in [0.05, 0.1) is 11.0 Å². The molecule has 0 spiro atoms. The lowest BCUT2D eigenvalue weighted by Crippen LogP contribution is -1.91. The molecule has 18 heavy (non-hydrogen) atoms. The Kier molecular flexibility index (Phi) is 2.33. The first-order valence-corrected chi connectivity index (χ1v) is 5.97. The minimum absolute atomic E-state index is 0.748. The SMILES string of the molecule is Cc1ccc(N)c(-c2nc3c(C)cccc3[nH]2)c1. The van der Waals surface area contributed by atoms with Crippen LogP contribution in [0.2, 0.25) is 0 Å². The van der Waals surface area contributed by atoms with Crippen molar-refractivity contribution in [3.8, 4) is 11.4 Å². The molecule has 3 nitrogen and oxygen atoms in total. The van der Waals surface area contributed by atoms with Crippen LogP contribution < -0.4 is 5.73 Å². The highest BCUT2D eigenvalue weighted by atomic mass is 14.9. The first-order valence-electron chi connectivity index (χ1n) is 5.97. The summed E-state index contributed by atoms with van der Waals surface area (Å²) in [4.78, 5) is 7.98. The number of anilines is 1. The number of aromatic amines is 1. The molecule has 0 amide bonds. The molecule has 90 valence electrons. The largest absolute Gasteiger partial charge is 0.398 e. The second kappa shape index (κ2) is 3.88. The van der Waals surface area contributed by atoms with Crippen LogP contribution in [0.4, 0.5) is 5.69 Å². The van der Waals surface area contributed by atoms with Crippen LogP contribution in [0.5, 0.6) is 0 Å². The summed E-state index contributed by atoms with van der Waals surface area (Å²) in [5.41, 5.74) is 12.1. The van der Waals surface area contributed by atoms with Gasteiger partial charge in [-0.1, -0.05) is 23.8 Å². The predicted molar refractivity (Wildman–Crippen MR) is 75.4 cm³/mol. The number of nitrogens with two attached hydrogens (primary N) is 1. The maximum Gasteiger partial charge on any atom is 0.140 e. The van der Waals surface area contributed by atoms with Gasteiger partial charge >= 0.3 is 0 Å². The van der Waals surface area contributed by atoms with Gasteiger partial charge in [-0.2, -0.15) is 0 Å². The third-order valence-electron chi connectivity index (χ3n) is 3.18. The highest BCUT2D eigenvalue weighted by Crippen LogP contribution is 2.27. The van der Waals surface area contributed by atoms with Gasteiger partial charge in [-0.05, 0) is 37.6 Å². The van der Waals surface area contributed by atoms with E-state index in [2.05, 4.69) is 35.9 Å². The maximum atomic E-state index is 6.02. The Labute approximate surface area is 106 Å². The van der Waals surface area contributed by atoms with Crippen LogP contribution in [0.25, 0.3) is 22.4 Å². The molecule has 0 saturated carbocycles. The van der Waals surface area contributed by atoms with Gasteiger partial charge in [0.2, 0.25) is 0 Å². The molecule has 3 rings (SSSR count). The van der Waals surface area contributed by atoms with Gasteiger partial charge in [0.25, 0.3) is 0 Å². The first-order chi connectivity index (χ1) is 8.65. The van der Waals surface area contributed by atoms with E-state index < -0.39 is 0 Å². The molecular formula is C15H15N3. The highest BCUT2D eigenvalue weighted by Gasteiger charge is 2.09. The number of H-pyrrole nitrogens is 1. The van der Waals surface area contributed by atoms with Gasteiger partial charge in [-0.15, -0.1) is 0 Å². The minimum Gasteiger partial charge on any atom is -0.398 e. The minimum atomic E-state index is 0.748. The van der Waals surface area contributed by atoms with Gasteiger partial charge in [0, 0.05) is 11.3 Å². The van der Waals surface area contributed by atoms with Crippen molar-refractivity contribution in [1.29, 1.82) is 0 Å². The Morgan fingerprint density at radius 2 is 1.94 bits per heavy atom. The van der Waals surface area contributed by atoms with Crippen LogP contribution in [0, 0.1) is 13.8 Å². The lowest BCUT2D eigenvalue weighted by atomic mass is 10.1. The van der Waals surface area contributed by atoms with Crippen LogP contribution in [0.1, 0.15) is 11.1 Å². The maximum absolute atomic E-state index is 6.02. The average molecular weight is 237 g/mol. The third kappa shape index (κ3) is 1.64. The second-order valence-electron chi connectivity index (χ2n) is 4.65. The lowest BCUT2D eigenvalue weighted by molar-refractivity contribution is 1.32. The normalized spacial score (nSPS) is 11.0. The van der Waals surface area contributed by atoms with Gasteiger partial charge in [-0.3, -0.25) is 0 Å². The van der Waals surface area contributed by atoms with Crippen molar-refractivity contribution in [2.24, 2.45) is 0 Å². The fraction of sp³-hybridized carbons (Fsp3) is 0.133. The molecule has 1 heterocycles. The van der Waals surface area contributed by atoms with E-state index in [1.54, 1.807) is 0 Å². The van der Waals surface area contributed by atoms with Crippen LogP contribution in [-0.4, -0.2) is 9.97 Å². The summed E-state index contributed by atoms with van der Waals surface area (Å²) in [6, 6.07) is 12.1. The number of aryl methyl sites for hydroxylation is 2. The van der Waals surface area contributed by atoms with Crippen LogP contribution >= 0.6 is 0 Å². The Morgan fingerprint density at radius 1 is 1.11 bits per heavy atom. The van der Waals surface area contributed by atoms with E-state index >= 15 is 0 Å². The summed E-state index contributed by atoms with van der Waals surface area (Å²) in [6.07, 6.45) is 0. The number of para-hydroxylation sites is 1. The van der Waals surface area contributed by atoms with Gasteiger partial charge in [0.1, 0.15) is 5.82 Å². The summed E-state index contributed by atoms with van der Waals surface area (Å²) in [5, 5.41) is 0. The molecule has 0 atom stereocenters. The lowest BCUT2D eigenvalue weighted by Gasteiger charge is -2.03. The van der Waals surface area contributed by atoms with Crippen LogP contribution in [0.3, 0.4) is 0 Å². The number of hydrogen-bond donors (Lipinski definition) is 2. The van der Waals surface area contributed by atoms with Crippen LogP contribution in [0.15, 0.2) is 36.4 Å². The van der Waals surface area contributed by atoms with E-state index in [1.807, 2.05) is 24.3 Å². The van der Waals surface area contributed by atoms with E-state index in [-0.39, 0.29) is 0 Å². The molecule has 0 aliphatic carbocycles. The number of nitrogen functional groups attached to an aromatic ring is 1. The molecule has 3 N–H and O–H groups in total. The van der Waals surface area contributed by atoms with Crippen molar-refractivity contribution in [3.05, 3.63) is 47.5 Å². The molecule has 3 aromatic rings. The van der Waals surface area contributed by atoms with Crippen LogP contribution in [-0.2, 0) is 0 Å². The van der Waals surface area contributed by atoms with E-state index in [1.165, 1.54) is 11.1 Å². The van der Waals surface area contributed by atoms with E-state index in [0.29, 0.717) is 0 Å². The standard InChI is InChI=1S/C15H15N3/c1-9-6-7-12(16)11(8-9)15-17-13-5-3-4-10(2)14(13)18-15/h3-8H,16H2,1-2H3,(H,17,18). The molecule has 0 bridgehead atoms. The molecule has 3 heteroatoms. The molecule has 0 aliphatic heterocycles. The summed E-state index contributed by atoms with van der Waals surface area (Å²) >= 11 is 0. The number of hydrogen-bond acceptors (Lipinski definition) is 2. The van der Waals surface area contributed by atoms with Crippen molar-refractivity contribution in [1.82, 2.24) is 9.97 Å². The van der Waals surface area contributed by atoms with Crippen molar-refractivity contribution in [2.75, 3.05) is 5.73 Å². The fourth-order valence-corrected chi connectivity index (χ4v) is 2.18. The molecular weight excluding hydrogens is 222 g/mol. The smallest absolute Gasteiger partial charge is 0.140 e. The fourth-order valence-electron chi connectivity index (χ4n) is 2.18. The topological polar surface area (TPSA) is 54.7 Å². The Balaban J connectivity index is 2.26. The van der Waals surface area contributed by atoms with E-state index in [4.69, 9.17) is 5.73 Å². The summed E-state index contributed by atoms with van der Waals surface area (Å²) in [5.74, 6) is 0.834. The van der Waals surface area contributed by atoms with Gasteiger partial charge in [0.15, 0.2) is 0 Å². The zero-order valence-corrected chi connectivity index (χ0v) is 10.5. The molecule has 0 radical (unpaired) electrons. The molecule has 1 aromatic heterocycles. The van der Waals surface area contributed by atoms with Crippen molar-refractivity contribution in [3.63, 3.8) is 0 Å². The zero-order valence-electron chi connectivity index (χ0n) is 10.5. The zero-order chi connectivity index (χ0) is 12.7. The third-order valence-corrected chi connectivity index (χ3v) is 3.18.